The van der Waals surface area contributed by atoms with E-state index in [1.807, 2.05) is 6.07 Å². The van der Waals surface area contributed by atoms with E-state index in [0.29, 0.717) is 18.6 Å². The Hall–Kier alpha value is -1.69. The van der Waals surface area contributed by atoms with E-state index < -0.39 is 5.41 Å². The zero-order chi connectivity index (χ0) is 23.5. The maximum absolute atomic E-state index is 14.7. The third kappa shape index (κ3) is 2.35. The van der Waals surface area contributed by atoms with Gasteiger partial charge in [0.25, 0.3) is 0 Å². The van der Waals surface area contributed by atoms with E-state index in [4.69, 9.17) is 4.74 Å². The van der Waals surface area contributed by atoms with Crippen LogP contribution in [0.15, 0.2) is 53.0 Å². The van der Waals surface area contributed by atoms with Crippen LogP contribution in [0.25, 0.3) is 0 Å². The summed E-state index contributed by atoms with van der Waals surface area (Å²) < 4.78 is 7.86. The van der Waals surface area contributed by atoms with Crippen LogP contribution in [-0.2, 0) is 21.5 Å². The number of fused-ring (bicyclic) bond motifs is 3. The summed E-state index contributed by atoms with van der Waals surface area (Å²) in [6, 6.07) is 17.9. The van der Waals surface area contributed by atoms with Gasteiger partial charge in [0.15, 0.2) is 0 Å². The summed E-state index contributed by atoms with van der Waals surface area (Å²) in [7, 11) is 0. The van der Waals surface area contributed by atoms with Crippen molar-refractivity contribution in [2.45, 2.75) is 88.1 Å². The average molecular weight is 521 g/mol. The molecule has 1 aliphatic carbocycles. The third-order valence-electron chi connectivity index (χ3n) is 10.4. The molecule has 5 atom stereocenters. The van der Waals surface area contributed by atoms with Crippen LogP contribution in [-0.4, -0.2) is 40.6 Å². The third-order valence-corrected chi connectivity index (χ3v) is 11.0. The van der Waals surface area contributed by atoms with Gasteiger partial charge < -0.3 is 9.64 Å². The number of ether oxygens (including phenoxy) is 1. The molecule has 0 radical (unpaired) electrons. The fourth-order valence-electron chi connectivity index (χ4n) is 8.62. The van der Waals surface area contributed by atoms with E-state index in [0.717, 1.165) is 35.1 Å². The summed E-state index contributed by atoms with van der Waals surface area (Å²) in [6.45, 7) is 8.61. The van der Waals surface area contributed by atoms with Crippen LogP contribution in [0.5, 0.6) is 0 Å². The highest BCUT2D eigenvalue weighted by atomic mass is 79.9. The fraction of sp³-hybridized carbons (Fsp3) is 0.552. The summed E-state index contributed by atoms with van der Waals surface area (Å²) in [5, 5.41) is 0. The Morgan fingerprint density at radius 2 is 1.88 bits per heavy atom. The molecule has 3 saturated heterocycles. The van der Waals surface area contributed by atoms with Crippen molar-refractivity contribution in [3.05, 3.63) is 64.1 Å². The molecule has 4 fully saturated rings. The minimum Gasteiger partial charge on any atom is -0.360 e. The van der Waals surface area contributed by atoms with Gasteiger partial charge in [-0.15, -0.1) is 0 Å². The number of anilines is 1. The molecule has 34 heavy (non-hydrogen) atoms. The second-order valence-corrected chi connectivity index (χ2v) is 12.8. The van der Waals surface area contributed by atoms with E-state index in [2.05, 4.69) is 89.0 Å². The van der Waals surface area contributed by atoms with Crippen LogP contribution in [0.3, 0.4) is 0 Å². The van der Waals surface area contributed by atoms with Crippen LogP contribution in [0, 0.1) is 5.41 Å². The second-order valence-electron chi connectivity index (χ2n) is 12.0. The van der Waals surface area contributed by atoms with Gasteiger partial charge in [-0.3, -0.25) is 9.69 Å². The van der Waals surface area contributed by atoms with Crippen LogP contribution in [0.4, 0.5) is 5.69 Å². The number of hydrogen-bond acceptors (Lipinski definition) is 3. The molecule has 7 rings (SSSR count). The standard InChI is InChI=1S/C29H33BrN2O2/c1-19-9-7-12-21-15-29-26(2,3)28(17-27(29,34-29)18-32(19)21)22-13-8-14-23(30)24(22)31(25(28)33)16-20-10-5-4-6-11-20/h4-6,8,10-11,13-14,19,21H,7,9,12,15-18H2,1-3H3/t19-,21+,27-,28-,29-/m0/s1. The molecular formula is C29H33BrN2O2. The van der Waals surface area contributed by atoms with Crippen molar-refractivity contribution in [1.82, 2.24) is 4.90 Å². The van der Waals surface area contributed by atoms with E-state index in [-0.39, 0.29) is 22.5 Å². The highest BCUT2D eigenvalue weighted by molar-refractivity contribution is 9.10. The average Bonchev–Trinajstić information content (AvgIpc) is 3.37. The van der Waals surface area contributed by atoms with Crippen molar-refractivity contribution < 1.29 is 9.53 Å². The highest BCUT2D eigenvalue weighted by Gasteiger charge is 2.90. The quantitative estimate of drug-likeness (QED) is 0.468. The largest absolute Gasteiger partial charge is 0.360 e. The zero-order valence-corrected chi connectivity index (χ0v) is 21.9. The number of epoxide rings is 1. The predicted octanol–water partition coefficient (Wildman–Crippen LogP) is 5.82. The lowest BCUT2D eigenvalue weighted by Gasteiger charge is -2.48. The number of carbonyl (C=O) groups excluding carboxylic acids is 1. The molecule has 2 aromatic carbocycles. The van der Waals surface area contributed by atoms with Gasteiger partial charge >= 0.3 is 0 Å². The molecular weight excluding hydrogens is 488 g/mol. The monoisotopic (exact) mass is 520 g/mol. The van der Waals surface area contributed by atoms with Crippen molar-refractivity contribution >= 4 is 27.5 Å². The Bertz CT molecular complexity index is 1200. The first-order valence-corrected chi connectivity index (χ1v) is 13.7. The number of benzene rings is 2. The molecule has 1 spiro atoms. The highest BCUT2D eigenvalue weighted by Crippen LogP contribution is 2.80. The van der Waals surface area contributed by atoms with Crippen LogP contribution in [0.1, 0.15) is 64.0 Å². The molecule has 1 saturated carbocycles. The molecule has 0 aromatic heterocycles. The maximum atomic E-state index is 14.7. The lowest BCUT2D eigenvalue weighted by Crippen LogP contribution is -2.58. The van der Waals surface area contributed by atoms with Crippen molar-refractivity contribution in [3.63, 3.8) is 0 Å². The number of amides is 1. The van der Waals surface area contributed by atoms with Gasteiger partial charge in [0.1, 0.15) is 11.2 Å². The topological polar surface area (TPSA) is 36.1 Å². The van der Waals surface area contributed by atoms with Crippen molar-refractivity contribution in [2.75, 3.05) is 11.4 Å². The SMILES string of the molecule is C[C@H]1CCC[C@@H]2C[C@@]34O[C@]3(CN21)C[C@]1(C(=O)N(Cc2ccccc2)c2c(Br)cccc21)C4(C)C. The first-order chi connectivity index (χ1) is 16.3. The number of halogens is 1. The molecule has 5 aliphatic rings. The van der Waals surface area contributed by atoms with Gasteiger partial charge in [0.2, 0.25) is 5.91 Å². The van der Waals surface area contributed by atoms with Crippen LogP contribution in [0.2, 0.25) is 0 Å². The Morgan fingerprint density at radius 1 is 1.09 bits per heavy atom. The predicted molar refractivity (Wildman–Crippen MR) is 137 cm³/mol. The van der Waals surface area contributed by atoms with E-state index in [9.17, 15) is 4.79 Å². The molecule has 0 N–H and O–H groups in total. The van der Waals surface area contributed by atoms with Gasteiger partial charge in [-0.1, -0.05) is 62.7 Å². The molecule has 2 aromatic rings. The maximum Gasteiger partial charge on any atom is 0.238 e. The van der Waals surface area contributed by atoms with Gasteiger partial charge in [-0.05, 0) is 65.7 Å². The number of rotatable bonds is 2. The van der Waals surface area contributed by atoms with Crippen molar-refractivity contribution in [3.8, 4) is 0 Å². The van der Waals surface area contributed by atoms with Crippen LogP contribution >= 0.6 is 15.9 Å². The Morgan fingerprint density at radius 3 is 2.68 bits per heavy atom. The number of piperidine rings is 2. The molecule has 4 nitrogen and oxygen atoms in total. The Kier molecular flexibility index (Phi) is 4.28. The Balaban J connectivity index is 1.36. The summed E-state index contributed by atoms with van der Waals surface area (Å²) in [4.78, 5) is 19.4. The van der Waals surface area contributed by atoms with Crippen LogP contribution < -0.4 is 4.90 Å². The molecule has 0 bridgehead atoms. The van der Waals surface area contributed by atoms with Gasteiger partial charge in [-0.2, -0.15) is 0 Å². The normalized spacial score (nSPS) is 39.5. The van der Waals surface area contributed by atoms with E-state index in [1.165, 1.54) is 24.8 Å². The summed E-state index contributed by atoms with van der Waals surface area (Å²) >= 11 is 3.82. The van der Waals surface area contributed by atoms with Gasteiger partial charge in [0.05, 0.1) is 17.6 Å². The second kappa shape index (κ2) is 6.74. The summed E-state index contributed by atoms with van der Waals surface area (Å²) in [5.74, 6) is 0.255. The molecule has 4 aliphatic heterocycles. The summed E-state index contributed by atoms with van der Waals surface area (Å²) in [5.41, 5.74) is 2.14. The first kappa shape index (κ1) is 21.6. The molecule has 1 amide bonds. The first-order valence-electron chi connectivity index (χ1n) is 12.9. The number of nitrogens with zero attached hydrogens (tertiary/aromatic N) is 2. The molecule has 178 valence electrons. The smallest absolute Gasteiger partial charge is 0.238 e. The number of carbonyl (C=O) groups is 1. The molecule has 4 heterocycles. The lowest BCUT2D eigenvalue weighted by atomic mass is 9.59. The zero-order valence-electron chi connectivity index (χ0n) is 20.3. The number of hydrogen-bond donors (Lipinski definition) is 0. The van der Waals surface area contributed by atoms with E-state index in [1.54, 1.807) is 0 Å². The molecule has 0 unspecified atom stereocenters. The Labute approximate surface area is 210 Å². The minimum absolute atomic E-state index is 0.212. The van der Waals surface area contributed by atoms with E-state index >= 15 is 0 Å². The number of para-hydroxylation sites is 1. The minimum atomic E-state index is -0.559. The fourth-order valence-corrected chi connectivity index (χ4v) is 9.20. The van der Waals surface area contributed by atoms with Gasteiger partial charge in [-0.25, -0.2) is 0 Å². The summed E-state index contributed by atoms with van der Waals surface area (Å²) in [6.07, 6.45) is 5.67. The van der Waals surface area contributed by atoms with Crippen molar-refractivity contribution in [2.24, 2.45) is 5.41 Å². The molecule has 5 heteroatoms. The van der Waals surface area contributed by atoms with Crippen molar-refractivity contribution in [1.29, 1.82) is 0 Å². The lowest BCUT2D eigenvalue weighted by molar-refractivity contribution is -0.130. The van der Waals surface area contributed by atoms with Gasteiger partial charge in [0, 0.05) is 28.5 Å².